The van der Waals surface area contributed by atoms with Gasteiger partial charge in [-0.2, -0.15) is 0 Å². The molecule has 0 aliphatic rings. The first-order valence-electron chi connectivity index (χ1n) is 8.70. The van der Waals surface area contributed by atoms with Crippen molar-refractivity contribution >= 4 is 44.3 Å². The highest BCUT2D eigenvalue weighted by atomic mass is 32.1. The molecule has 1 aromatic heterocycles. The second-order valence-electron chi connectivity index (χ2n) is 5.88. The number of rotatable bonds is 7. The lowest BCUT2D eigenvalue weighted by Gasteiger charge is -2.12. The molecule has 0 aliphatic carbocycles. The number of para-hydroxylation sites is 1. The van der Waals surface area contributed by atoms with E-state index in [1.54, 1.807) is 18.2 Å². The highest BCUT2D eigenvalue weighted by molar-refractivity contribution is 7.22. The molecule has 0 radical (unpaired) electrons. The maximum absolute atomic E-state index is 12.4. The quantitative estimate of drug-likeness (QED) is 0.456. The molecule has 0 spiro atoms. The largest absolute Gasteiger partial charge is 0.496 e. The van der Waals surface area contributed by atoms with Gasteiger partial charge in [0.2, 0.25) is 0 Å². The van der Waals surface area contributed by atoms with E-state index in [1.165, 1.54) is 18.4 Å². The Bertz CT molecular complexity index is 956. The zero-order chi connectivity index (χ0) is 19.9. The molecule has 28 heavy (non-hydrogen) atoms. The van der Waals surface area contributed by atoms with Crippen LogP contribution in [0.2, 0.25) is 0 Å². The van der Waals surface area contributed by atoms with Gasteiger partial charge in [0, 0.05) is 12.2 Å². The average Bonchev–Trinajstić information content (AvgIpc) is 3.10. The lowest BCUT2D eigenvalue weighted by molar-refractivity contribution is 0.0950. The molecule has 3 rings (SSSR count). The van der Waals surface area contributed by atoms with Crippen LogP contribution in [0, 0.1) is 0 Å². The molecule has 0 saturated heterocycles. The Morgan fingerprint density at radius 1 is 1.18 bits per heavy atom. The van der Waals surface area contributed by atoms with Crippen LogP contribution in [0.25, 0.3) is 10.2 Å². The second-order valence-corrected chi connectivity index (χ2v) is 6.91. The zero-order valence-electron chi connectivity index (χ0n) is 15.3. The SMILES string of the molecule is COc1ccc(NC(=O)Nc2nc3ccccc3s2)cc1C(=O)NCCCN. The smallest absolute Gasteiger partial charge is 0.325 e. The fourth-order valence-electron chi connectivity index (χ4n) is 2.55. The van der Waals surface area contributed by atoms with E-state index in [0.29, 0.717) is 41.6 Å². The predicted octanol–water partition coefficient (Wildman–Crippen LogP) is 3.03. The first-order chi connectivity index (χ1) is 13.6. The molecule has 8 nitrogen and oxygen atoms in total. The number of nitrogens with two attached hydrogens (primary N) is 1. The Morgan fingerprint density at radius 3 is 2.75 bits per heavy atom. The number of hydrogen-bond acceptors (Lipinski definition) is 6. The highest BCUT2D eigenvalue weighted by Gasteiger charge is 2.14. The minimum atomic E-state index is -0.446. The molecule has 3 aromatic rings. The van der Waals surface area contributed by atoms with E-state index < -0.39 is 6.03 Å². The number of fused-ring (bicyclic) bond motifs is 1. The first kappa shape index (κ1) is 19.6. The van der Waals surface area contributed by atoms with Crippen molar-refractivity contribution < 1.29 is 14.3 Å². The normalized spacial score (nSPS) is 10.5. The highest BCUT2D eigenvalue weighted by Crippen LogP contribution is 2.26. The van der Waals surface area contributed by atoms with Gasteiger partial charge in [0.25, 0.3) is 5.91 Å². The number of carbonyl (C=O) groups is 2. The van der Waals surface area contributed by atoms with Crippen LogP contribution in [0.4, 0.5) is 15.6 Å². The molecule has 0 aliphatic heterocycles. The van der Waals surface area contributed by atoms with E-state index in [0.717, 1.165) is 10.2 Å². The molecule has 0 saturated carbocycles. The predicted molar refractivity (Wildman–Crippen MR) is 111 cm³/mol. The van der Waals surface area contributed by atoms with Crippen LogP contribution in [-0.2, 0) is 0 Å². The fourth-order valence-corrected chi connectivity index (χ4v) is 3.41. The number of aromatic nitrogens is 1. The minimum Gasteiger partial charge on any atom is -0.496 e. The lowest BCUT2D eigenvalue weighted by Crippen LogP contribution is -2.26. The van der Waals surface area contributed by atoms with E-state index in [-0.39, 0.29) is 5.91 Å². The van der Waals surface area contributed by atoms with Gasteiger partial charge in [-0.15, -0.1) is 0 Å². The van der Waals surface area contributed by atoms with E-state index in [2.05, 4.69) is 20.9 Å². The van der Waals surface area contributed by atoms with Crippen LogP contribution < -0.4 is 26.4 Å². The summed E-state index contributed by atoms with van der Waals surface area (Å²) in [4.78, 5) is 29.0. The number of anilines is 2. The number of nitrogens with one attached hydrogen (secondary N) is 3. The Morgan fingerprint density at radius 2 is 2.00 bits per heavy atom. The van der Waals surface area contributed by atoms with Gasteiger partial charge in [-0.1, -0.05) is 23.5 Å². The number of urea groups is 1. The molecule has 0 unspecified atom stereocenters. The molecule has 2 aromatic carbocycles. The summed E-state index contributed by atoms with van der Waals surface area (Å²) in [6.45, 7) is 0.958. The topological polar surface area (TPSA) is 118 Å². The van der Waals surface area contributed by atoms with Crippen molar-refractivity contribution in [2.75, 3.05) is 30.8 Å². The van der Waals surface area contributed by atoms with Crippen LogP contribution in [0.1, 0.15) is 16.8 Å². The summed E-state index contributed by atoms with van der Waals surface area (Å²) < 4.78 is 6.22. The zero-order valence-corrected chi connectivity index (χ0v) is 16.1. The summed E-state index contributed by atoms with van der Waals surface area (Å²) >= 11 is 1.38. The summed E-state index contributed by atoms with van der Waals surface area (Å²) in [5.41, 5.74) is 7.06. The van der Waals surface area contributed by atoms with Gasteiger partial charge in [0.05, 0.1) is 22.9 Å². The van der Waals surface area contributed by atoms with Crippen LogP contribution >= 0.6 is 11.3 Å². The van der Waals surface area contributed by atoms with Crippen molar-refractivity contribution in [2.24, 2.45) is 5.73 Å². The molecule has 9 heteroatoms. The molecule has 1 heterocycles. The van der Waals surface area contributed by atoms with Crippen LogP contribution in [0.3, 0.4) is 0 Å². The number of benzene rings is 2. The number of hydrogen-bond donors (Lipinski definition) is 4. The third kappa shape index (κ3) is 4.76. The first-order valence-corrected chi connectivity index (χ1v) is 9.52. The van der Waals surface area contributed by atoms with Crippen LogP contribution in [0.5, 0.6) is 5.75 Å². The van der Waals surface area contributed by atoms with Gasteiger partial charge in [-0.3, -0.25) is 10.1 Å². The molecular weight excluding hydrogens is 378 g/mol. The van der Waals surface area contributed by atoms with Crippen molar-refractivity contribution in [3.8, 4) is 5.75 Å². The monoisotopic (exact) mass is 399 g/mol. The standard InChI is InChI=1S/C19H21N5O3S/c1-27-15-8-7-12(11-13(15)17(25)21-10-4-9-20)22-18(26)24-19-23-14-5-2-3-6-16(14)28-19/h2-3,5-8,11H,4,9-10,20H2,1H3,(H,21,25)(H2,22,23,24,26). The Kier molecular flexibility index (Phi) is 6.41. The lowest BCUT2D eigenvalue weighted by atomic mass is 10.1. The van der Waals surface area contributed by atoms with Gasteiger partial charge in [0.15, 0.2) is 5.13 Å². The number of amides is 3. The Hall–Kier alpha value is -3.17. The van der Waals surface area contributed by atoms with E-state index in [9.17, 15) is 9.59 Å². The van der Waals surface area contributed by atoms with E-state index in [4.69, 9.17) is 10.5 Å². The maximum Gasteiger partial charge on any atom is 0.325 e. The van der Waals surface area contributed by atoms with Crippen molar-refractivity contribution in [3.05, 3.63) is 48.0 Å². The molecule has 146 valence electrons. The third-order valence-corrected chi connectivity index (χ3v) is 4.83. The van der Waals surface area contributed by atoms with Crippen molar-refractivity contribution in [2.45, 2.75) is 6.42 Å². The molecule has 0 atom stereocenters. The number of nitrogens with zero attached hydrogens (tertiary/aromatic N) is 1. The summed E-state index contributed by atoms with van der Waals surface area (Å²) in [6.07, 6.45) is 0.677. The van der Waals surface area contributed by atoms with Crippen molar-refractivity contribution in [1.29, 1.82) is 0 Å². The van der Waals surface area contributed by atoms with E-state index in [1.807, 2.05) is 24.3 Å². The fraction of sp³-hybridized carbons (Fsp3) is 0.211. The number of thiazole rings is 1. The summed E-state index contributed by atoms with van der Waals surface area (Å²) in [6, 6.07) is 12.0. The molecule has 0 bridgehead atoms. The molecular formula is C19H21N5O3S. The Balaban J connectivity index is 1.69. The van der Waals surface area contributed by atoms with Gasteiger partial charge < -0.3 is 21.1 Å². The molecule has 0 fully saturated rings. The molecule has 3 amide bonds. The van der Waals surface area contributed by atoms with Crippen LogP contribution in [0.15, 0.2) is 42.5 Å². The van der Waals surface area contributed by atoms with Gasteiger partial charge in [-0.25, -0.2) is 9.78 Å². The average molecular weight is 399 g/mol. The number of carbonyl (C=O) groups excluding carboxylic acids is 2. The van der Waals surface area contributed by atoms with Gasteiger partial charge in [0.1, 0.15) is 5.75 Å². The van der Waals surface area contributed by atoms with Crippen molar-refractivity contribution in [1.82, 2.24) is 10.3 Å². The van der Waals surface area contributed by atoms with Gasteiger partial charge >= 0.3 is 6.03 Å². The van der Waals surface area contributed by atoms with E-state index >= 15 is 0 Å². The minimum absolute atomic E-state index is 0.291. The Labute approximate surface area is 166 Å². The second kappa shape index (κ2) is 9.16. The number of methoxy groups -OCH3 is 1. The van der Waals surface area contributed by atoms with Gasteiger partial charge in [-0.05, 0) is 43.3 Å². The third-order valence-electron chi connectivity index (χ3n) is 3.88. The van der Waals surface area contributed by atoms with Crippen molar-refractivity contribution in [3.63, 3.8) is 0 Å². The summed E-state index contributed by atoms with van der Waals surface area (Å²) in [5.74, 6) is 0.128. The summed E-state index contributed by atoms with van der Waals surface area (Å²) in [5, 5.41) is 8.69. The molecule has 5 N–H and O–H groups in total. The van der Waals surface area contributed by atoms with Crippen LogP contribution in [-0.4, -0.2) is 37.1 Å². The summed E-state index contributed by atoms with van der Waals surface area (Å²) in [7, 11) is 1.49. The maximum atomic E-state index is 12.4. The number of ether oxygens (including phenoxy) is 1.